The molecule has 0 bridgehead atoms. The highest BCUT2D eigenvalue weighted by Crippen LogP contribution is 2.12. The van der Waals surface area contributed by atoms with Gasteiger partial charge in [0, 0.05) is 57.1 Å². The fourth-order valence-electron chi connectivity index (χ4n) is 2.50. The lowest BCUT2D eigenvalue weighted by atomic mass is 10.3. The molecule has 2 rings (SSSR count). The lowest BCUT2D eigenvalue weighted by molar-refractivity contribution is -0.123. The van der Waals surface area contributed by atoms with E-state index in [9.17, 15) is 9.59 Å². The van der Waals surface area contributed by atoms with E-state index in [1.54, 1.807) is 17.1 Å². The normalized spacial score (nSPS) is 19.8. The van der Waals surface area contributed by atoms with Gasteiger partial charge >= 0.3 is 6.03 Å². The van der Waals surface area contributed by atoms with Gasteiger partial charge in [0.15, 0.2) is 0 Å². The number of carbonyl (C=O) groups excluding carboxylic acids is 2. The van der Waals surface area contributed by atoms with Gasteiger partial charge in [-0.15, -0.1) is 0 Å². The van der Waals surface area contributed by atoms with Gasteiger partial charge < -0.3 is 15.1 Å². The SMILES string of the molecule is C=C1C=CC(=O)N1CCN1CCN(C(=O)NC(C)C)CC1. The maximum absolute atomic E-state index is 11.9. The van der Waals surface area contributed by atoms with E-state index in [-0.39, 0.29) is 18.0 Å². The Balaban J connectivity index is 1.71. The van der Waals surface area contributed by atoms with Gasteiger partial charge in [-0.1, -0.05) is 6.58 Å². The van der Waals surface area contributed by atoms with Gasteiger partial charge in [0.25, 0.3) is 5.91 Å². The first kappa shape index (κ1) is 15.6. The maximum atomic E-state index is 11.9. The van der Waals surface area contributed by atoms with E-state index in [0.29, 0.717) is 6.54 Å². The number of carbonyl (C=O) groups is 2. The third-order valence-electron chi connectivity index (χ3n) is 3.74. The number of amides is 3. The van der Waals surface area contributed by atoms with Crippen molar-refractivity contribution in [2.45, 2.75) is 19.9 Å². The number of urea groups is 1. The van der Waals surface area contributed by atoms with Crippen molar-refractivity contribution in [1.29, 1.82) is 0 Å². The molecule has 0 aromatic heterocycles. The zero-order valence-corrected chi connectivity index (χ0v) is 12.8. The summed E-state index contributed by atoms with van der Waals surface area (Å²) in [5.41, 5.74) is 0.759. The number of rotatable bonds is 4. The molecule has 0 saturated carbocycles. The van der Waals surface area contributed by atoms with E-state index in [4.69, 9.17) is 0 Å². The molecule has 0 spiro atoms. The lowest BCUT2D eigenvalue weighted by Gasteiger charge is -2.35. The van der Waals surface area contributed by atoms with Crippen LogP contribution in [0, 0.1) is 0 Å². The van der Waals surface area contributed by atoms with Gasteiger partial charge in [0.1, 0.15) is 0 Å². The second-order valence-electron chi connectivity index (χ2n) is 5.75. The van der Waals surface area contributed by atoms with E-state index in [0.717, 1.165) is 38.4 Å². The molecule has 0 aromatic carbocycles. The van der Waals surface area contributed by atoms with Gasteiger partial charge in [0.05, 0.1) is 0 Å². The van der Waals surface area contributed by atoms with Crippen LogP contribution < -0.4 is 5.32 Å². The molecule has 1 N–H and O–H groups in total. The molecule has 2 aliphatic heterocycles. The van der Waals surface area contributed by atoms with Crippen molar-refractivity contribution in [1.82, 2.24) is 20.0 Å². The Hall–Kier alpha value is -1.82. The zero-order valence-electron chi connectivity index (χ0n) is 12.8. The molecule has 3 amide bonds. The molecule has 1 saturated heterocycles. The van der Waals surface area contributed by atoms with E-state index in [2.05, 4.69) is 16.8 Å². The van der Waals surface area contributed by atoms with Gasteiger partial charge in [-0.05, 0) is 19.9 Å². The van der Waals surface area contributed by atoms with E-state index < -0.39 is 0 Å². The molecular formula is C15H24N4O2. The molecule has 2 aliphatic rings. The van der Waals surface area contributed by atoms with Crippen LogP contribution >= 0.6 is 0 Å². The highest BCUT2D eigenvalue weighted by atomic mass is 16.2. The van der Waals surface area contributed by atoms with Crippen LogP contribution in [0.5, 0.6) is 0 Å². The van der Waals surface area contributed by atoms with Gasteiger partial charge in [-0.2, -0.15) is 0 Å². The summed E-state index contributed by atoms with van der Waals surface area (Å²) in [4.78, 5) is 29.3. The predicted molar refractivity (Wildman–Crippen MR) is 81.7 cm³/mol. The van der Waals surface area contributed by atoms with Crippen molar-refractivity contribution in [3.05, 3.63) is 24.4 Å². The zero-order chi connectivity index (χ0) is 15.4. The van der Waals surface area contributed by atoms with Crippen LogP contribution in [0.2, 0.25) is 0 Å². The minimum atomic E-state index is 0.00921. The third kappa shape index (κ3) is 4.07. The third-order valence-corrected chi connectivity index (χ3v) is 3.74. The summed E-state index contributed by atoms with van der Waals surface area (Å²) in [5.74, 6) is 0.00921. The van der Waals surface area contributed by atoms with Crippen LogP contribution in [0.1, 0.15) is 13.8 Å². The molecule has 0 atom stereocenters. The smallest absolute Gasteiger partial charge is 0.317 e. The number of hydrogen-bond acceptors (Lipinski definition) is 3. The monoisotopic (exact) mass is 292 g/mol. The first-order chi connectivity index (χ1) is 9.97. The summed E-state index contributed by atoms with van der Waals surface area (Å²) in [7, 11) is 0. The van der Waals surface area contributed by atoms with Crippen LogP contribution in [0.3, 0.4) is 0 Å². The van der Waals surface area contributed by atoms with Crippen LogP contribution in [-0.2, 0) is 4.79 Å². The van der Waals surface area contributed by atoms with Gasteiger partial charge in [-0.25, -0.2) is 4.79 Å². The first-order valence-corrected chi connectivity index (χ1v) is 7.43. The topological polar surface area (TPSA) is 55.9 Å². The van der Waals surface area contributed by atoms with Crippen molar-refractivity contribution in [2.24, 2.45) is 0 Å². The number of nitrogens with zero attached hydrogens (tertiary/aromatic N) is 3. The average Bonchev–Trinajstić information content (AvgIpc) is 2.75. The Labute approximate surface area is 126 Å². The molecule has 0 radical (unpaired) electrons. The number of piperazine rings is 1. The summed E-state index contributed by atoms with van der Waals surface area (Å²) < 4.78 is 0. The highest BCUT2D eigenvalue weighted by Gasteiger charge is 2.23. The molecule has 0 unspecified atom stereocenters. The summed E-state index contributed by atoms with van der Waals surface area (Å²) in [5, 5.41) is 2.91. The van der Waals surface area contributed by atoms with Crippen molar-refractivity contribution >= 4 is 11.9 Å². The van der Waals surface area contributed by atoms with Crippen LogP contribution in [0.4, 0.5) is 4.79 Å². The predicted octanol–water partition coefficient (Wildman–Crippen LogP) is 0.634. The molecule has 6 nitrogen and oxygen atoms in total. The summed E-state index contributed by atoms with van der Waals surface area (Å²) in [6, 6.07) is 0.173. The lowest BCUT2D eigenvalue weighted by Crippen LogP contribution is -2.53. The molecule has 1 fully saturated rings. The van der Waals surface area contributed by atoms with Crippen molar-refractivity contribution in [2.75, 3.05) is 39.3 Å². The van der Waals surface area contributed by atoms with Crippen molar-refractivity contribution in [3.63, 3.8) is 0 Å². The van der Waals surface area contributed by atoms with Crippen molar-refractivity contribution in [3.8, 4) is 0 Å². The fourth-order valence-corrected chi connectivity index (χ4v) is 2.50. The molecule has 2 heterocycles. The Kier molecular flexibility index (Phi) is 5.01. The van der Waals surface area contributed by atoms with Gasteiger partial charge in [-0.3, -0.25) is 9.69 Å². The molecule has 0 aliphatic carbocycles. The standard InChI is InChI=1S/C15H24N4O2/c1-12(2)16-15(21)18-9-6-17(7-10-18)8-11-19-13(3)4-5-14(19)20/h4-5,12H,3,6-11H2,1-2H3,(H,16,21). The van der Waals surface area contributed by atoms with Crippen LogP contribution in [0.25, 0.3) is 0 Å². The molecule has 0 aromatic rings. The largest absolute Gasteiger partial charge is 0.336 e. The van der Waals surface area contributed by atoms with Crippen molar-refractivity contribution < 1.29 is 9.59 Å². The Bertz CT molecular complexity index is 433. The number of hydrogen-bond donors (Lipinski definition) is 1. The number of allylic oxidation sites excluding steroid dienone is 1. The highest BCUT2D eigenvalue weighted by molar-refractivity contribution is 5.92. The van der Waals surface area contributed by atoms with E-state index >= 15 is 0 Å². The molecule has 6 heteroatoms. The molecule has 116 valence electrons. The second kappa shape index (κ2) is 6.76. The average molecular weight is 292 g/mol. The minimum absolute atomic E-state index is 0.00921. The Morgan fingerprint density at radius 1 is 1.24 bits per heavy atom. The summed E-state index contributed by atoms with van der Waals surface area (Å²) in [6.45, 7) is 12.4. The number of nitrogens with one attached hydrogen (secondary N) is 1. The van der Waals surface area contributed by atoms with Crippen LogP contribution in [0.15, 0.2) is 24.4 Å². The summed E-state index contributed by atoms with van der Waals surface area (Å²) in [6.07, 6.45) is 3.30. The Morgan fingerprint density at radius 2 is 1.90 bits per heavy atom. The first-order valence-electron chi connectivity index (χ1n) is 7.43. The Morgan fingerprint density at radius 3 is 2.43 bits per heavy atom. The van der Waals surface area contributed by atoms with E-state index in [1.807, 2.05) is 18.7 Å². The quantitative estimate of drug-likeness (QED) is 0.827. The van der Waals surface area contributed by atoms with Gasteiger partial charge in [0.2, 0.25) is 0 Å². The minimum Gasteiger partial charge on any atom is -0.336 e. The van der Waals surface area contributed by atoms with Crippen LogP contribution in [-0.4, -0.2) is 71.9 Å². The maximum Gasteiger partial charge on any atom is 0.317 e. The molecule has 21 heavy (non-hydrogen) atoms. The summed E-state index contributed by atoms with van der Waals surface area (Å²) >= 11 is 0. The molecular weight excluding hydrogens is 268 g/mol. The van der Waals surface area contributed by atoms with E-state index in [1.165, 1.54) is 0 Å². The second-order valence-corrected chi connectivity index (χ2v) is 5.75. The fraction of sp³-hybridized carbons (Fsp3) is 0.600.